The molecule has 0 spiro atoms. The van der Waals surface area contributed by atoms with E-state index in [0.29, 0.717) is 0 Å². The van der Waals surface area contributed by atoms with Crippen LogP contribution in [0.4, 0.5) is 4.39 Å². The van der Waals surface area contributed by atoms with Gasteiger partial charge in [0, 0.05) is 4.47 Å². The van der Waals surface area contributed by atoms with E-state index >= 15 is 0 Å². The molecular weight excluding hydrogens is 209 g/mol. The lowest BCUT2D eigenvalue weighted by Gasteiger charge is -2.06. The molecule has 0 aliphatic rings. The summed E-state index contributed by atoms with van der Waals surface area (Å²) in [4.78, 5) is 0. The Morgan fingerprint density at radius 3 is 2.82 bits per heavy atom. The molecule has 1 aromatic carbocycles. The first-order chi connectivity index (χ1) is 5.24. The van der Waals surface area contributed by atoms with E-state index in [9.17, 15) is 4.39 Å². The first-order valence-electron chi connectivity index (χ1n) is 3.31. The molecule has 0 bridgehead atoms. The molecule has 11 heavy (non-hydrogen) atoms. The molecule has 0 saturated heterocycles. The van der Waals surface area contributed by atoms with Gasteiger partial charge in [0.25, 0.3) is 0 Å². The highest BCUT2D eigenvalue weighted by Gasteiger charge is 2.03. The molecule has 0 aliphatic heterocycles. The van der Waals surface area contributed by atoms with Gasteiger partial charge in [0.2, 0.25) is 0 Å². The van der Waals surface area contributed by atoms with Crippen LogP contribution < -0.4 is 5.73 Å². The minimum Gasteiger partial charge on any atom is -0.322 e. The molecule has 1 unspecified atom stereocenters. The van der Waals surface area contributed by atoms with E-state index in [2.05, 4.69) is 15.9 Å². The third kappa shape index (κ3) is 2.27. The summed E-state index contributed by atoms with van der Waals surface area (Å²) in [5.74, 6) is 0. The Morgan fingerprint density at radius 1 is 1.55 bits per heavy atom. The van der Waals surface area contributed by atoms with E-state index < -0.39 is 12.7 Å². The molecule has 3 heteroatoms. The van der Waals surface area contributed by atoms with E-state index in [0.717, 1.165) is 10.0 Å². The van der Waals surface area contributed by atoms with Gasteiger partial charge in [0.05, 0.1) is 6.04 Å². The molecule has 1 rings (SSSR count). The van der Waals surface area contributed by atoms with Crippen molar-refractivity contribution < 1.29 is 4.39 Å². The summed E-state index contributed by atoms with van der Waals surface area (Å²) in [7, 11) is 0. The molecule has 0 aromatic heterocycles. The Bertz CT molecular complexity index is 239. The monoisotopic (exact) mass is 217 g/mol. The van der Waals surface area contributed by atoms with Crippen molar-refractivity contribution in [3.8, 4) is 0 Å². The van der Waals surface area contributed by atoms with E-state index in [-0.39, 0.29) is 0 Å². The summed E-state index contributed by atoms with van der Waals surface area (Å²) in [5, 5.41) is 0. The van der Waals surface area contributed by atoms with Gasteiger partial charge in [-0.15, -0.1) is 0 Å². The predicted molar refractivity (Wildman–Crippen MR) is 47.0 cm³/mol. The highest BCUT2D eigenvalue weighted by molar-refractivity contribution is 9.10. The lowest BCUT2D eigenvalue weighted by molar-refractivity contribution is 0.437. The first kappa shape index (κ1) is 8.68. The third-order valence-electron chi connectivity index (χ3n) is 1.44. The summed E-state index contributed by atoms with van der Waals surface area (Å²) in [6.45, 7) is -0.517. The standard InChI is InChI=1S/C8H9BrFN/c9-7-3-1-2-6(4-7)8(11)5-10/h1-4,8H,5,11H2. The topological polar surface area (TPSA) is 26.0 Å². The fourth-order valence-corrected chi connectivity index (χ4v) is 1.24. The lowest BCUT2D eigenvalue weighted by atomic mass is 10.1. The molecule has 1 nitrogen and oxygen atoms in total. The SMILES string of the molecule is NC(CF)c1cccc(Br)c1. The van der Waals surface area contributed by atoms with Gasteiger partial charge in [-0.05, 0) is 17.7 Å². The molecule has 1 aromatic rings. The molecule has 0 radical (unpaired) electrons. The zero-order valence-electron chi connectivity index (χ0n) is 5.93. The summed E-state index contributed by atoms with van der Waals surface area (Å²) in [6.07, 6.45) is 0. The van der Waals surface area contributed by atoms with Crippen molar-refractivity contribution in [2.24, 2.45) is 5.73 Å². The van der Waals surface area contributed by atoms with Gasteiger partial charge in [0.1, 0.15) is 6.67 Å². The average Bonchev–Trinajstić information content (AvgIpc) is 2.03. The Labute approximate surface area is 73.5 Å². The highest BCUT2D eigenvalue weighted by Crippen LogP contribution is 2.16. The average molecular weight is 218 g/mol. The Morgan fingerprint density at radius 2 is 2.27 bits per heavy atom. The zero-order valence-corrected chi connectivity index (χ0v) is 7.51. The Hall–Kier alpha value is -0.410. The number of hydrogen-bond acceptors (Lipinski definition) is 1. The fourth-order valence-electron chi connectivity index (χ4n) is 0.826. The van der Waals surface area contributed by atoms with Crippen molar-refractivity contribution in [1.29, 1.82) is 0 Å². The van der Waals surface area contributed by atoms with Gasteiger partial charge in [-0.2, -0.15) is 0 Å². The Balaban J connectivity index is 2.86. The van der Waals surface area contributed by atoms with Gasteiger partial charge < -0.3 is 5.73 Å². The number of alkyl halides is 1. The second kappa shape index (κ2) is 3.83. The number of nitrogens with two attached hydrogens (primary N) is 1. The second-order valence-electron chi connectivity index (χ2n) is 2.32. The van der Waals surface area contributed by atoms with Crippen LogP contribution in [0, 0.1) is 0 Å². The normalized spacial score (nSPS) is 13.0. The van der Waals surface area contributed by atoms with Crippen LogP contribution >= 0.6 is 15.9 Å². The predicted octanol–water partition coefficient (Wildman–Crippen LogP) is 2.42. The molecule has 0 aliphatic carbocycles. The summed E-state index contributed by atoms with van der Waals surface area (Å²) < 4.78 is 13.0. The van der Waals surface area contributed by atoms with Crippen LogP contribution in [0.5, 0.6) is 0 Å². The fraction of sp³-hybridized carbons (Fsp3) is 0.250. The van der Waals surface area contributed by atoms with Crippen molar-refractivity contribution in [3.63, 3.8) is 0 Å². The lowest BCUT2D eigenvalue weighted by Crippen LogP contribution is -2.11. The molecule has 0 amide bonds. The van der Waals surface area contributed by atoms with Gasteiger partial charge >= 0.3 is 0 Å². The number of rotatable bonds is 2. The molecule has 60 valence electrons. The van der Waals surface area contributed by atoms with Crippen molar-refractivity contribution in [2.75, 3.05) is 6.67 Å². The minimum absolute atomic E-state index is 0.493. The van der Waals surface area contributed by atoms with Crippen LogP contribution in [0.3, 0.4) is 0 Å². The maximum Gasteiger partial charge on any atom is 0.109 e. The van der Waals surface area contributed by atoms with Crippen molar-refractivity contribution in [1.82, 2.24) is 0 Å². The van der Waals surface area contributed by atoms with Crippen molar-refractivity contribution >= 4 is 15.9 Å². The van der Waals surface area contributed by atoms with Crippen LogP contribution in [-0.4, -0.2) is 6.67 Å². The highest BCUT2D eigenvalue weighted by atomic mass is 79.9. The number of halogens is 2. The van der Waals surface area contributed by atoms with Crippen LogP contribution in [0.15, 0.2) is 28.7 Å². The molecule has 1 atom stereocenters. The van der Waals surface area contributed by atoms with Crippen molar-refractivity contribution in [2.45, 2.75) is 6.04 Å². The quantitative estimate of drug-likeness (QED) is 0.810. The van der Waals surface area contributed by atoms with Gasteiger partial charge in [0.15, 0.2) is 0 Å². The second-order valence-corrected chi connectivity index (χ2v) is 3.23. The van der Waals surface area contributed by atoms with Gasteiger partial charge in [-0.1, -0.05) is 28.1 Å². The summed E-state index contributed by atoms with van der Waals surface area (Å²) in [6, 6.07) is 6.87. The van der Waals surface area contributed by atoms with E-state index in [4.69, 9.17) is 5.73 Å². The maximum atomic E-state index is 12.1. The van der Waals surface area contributed by atoms with Gasteiger partial charge in [-0.25, -0.2) is 4.39 Å². The van der Waals surface area contributed by atoms with Crippen LogP contribution in [0.25, 0.3) is 0 Å². The van der Waals surface area contributed by atoms with E-state index in [1.54, 1.807) is 0 Å². The Kier molecular flexibility index (Phi) is 3.02. The minimum atomic E-state index is -0.517. The largest absolute Gasteiger partial charge is 0.322 e. The molecule has 2 N–H and O–H groups in total. The van der Waals surface area contributed by atoms with Crippen LogP contribution in [-0.2, 0) is 0 Å². The number of benzene rings is 1. The van der Waals surface area contributed by atoms with Crippen LogP contribution in [0.1, 0.15) is 11.6 Å². The van der Waals surface area contributed by atoms with Crippen LogP contribution in [0.2, 0.25) is 0 Å². The van der Waals surface area contributed by atoms with E-state index in [1.165, 1.54) is 0 Å². The molecule has 0 heterocycles. The van der Waals surface area contributed by atoms with E-state index in [1.807, 2.05) is 24.3 Å². The molecular formula is C8H9BrFN. The third-order valence-corrected chi connectivity index (χ3v) is 1.94. The smallest absolute Gasteiger partial charge is 0.109 e. The van der Waals surface area contributed by atoms with Crippen molar-refractivity contribution in [3.05, 3.63) is 34.3 Å². The molecule has 0 saturated carbocycles. The summed E-state index contributed by atoms with van der Waals surface area (Å²) >= 11 is 3.28. The maximum absolute atomic E-state index is 12.1. The zero-order chi connectivity index (χ0) is 8.27. The van der Waals surface area contributed by atoms with Gasteiger partial charge in [-0.3, -0.25) is 0 Å². The summed E-state index contributed by atoms with van der Waals surface area (Å²) in [5.41, 5.74) is 6.29. The molecule has 0 fully saturated rings. The first-order valence-corrected chi connectivity index (χ1v) is 4.10. The number of hydrogen-bond donors (Lipinski definition) is 1.